The molecule has 150 valence electrons. The molecule has 3 rings (SSSR count). The highest BCUT2D eigenvalue weighted by Gasteiger charge is 2.39. The second-order valence-corrected chi connectivity index (χ2v) is 8.63. The maximum atomic E-state index is 12.8. The Labute approximate surface area is 174 Å². The van der Waals surface area contributed by atoms with Crippen LogP contribution in [-0.2, 0) is 4.79 Å². The average Bonchev–Trinajstić information content (AvgIpc) is 2.95. The predicted molar refractivity (Wildman–Crippen MR) is 115 cm³/mol. The first kappa shape index (κ1) is 20.8. The lowest BCUT2D eigenvalue weighted by molar-refractivity contribution is -0.123. The number of amides is 2. The number of ketones is 1. The summed E-state index contributed by atoms with van der Waals surface area (Å²) in [6.45, 7) is 5.58. The molecule has 1 aliphatic heterocycles. The van der Waals surface area contributed by atoms with Gasteiger partial charge in [0.25, 0.3) is 11.8 Å². The summed E-state index contributed by atoms with van der Waals surface area (Å²) in [6, 6.07) is 15.9. The first-order chi connectivity index (χ1) is 13.7. The number of Topliss-reactive ketones (excluding diaryl/α,β-unsaturated/α-hetero) is 1. The van der Waals surface area contributed by atoms with E-state index in [4.69, 9.17) is 0 Å². The minimum absolute atomic E-state index is 0.0547. The maximum Gasteiger partial charge on any atom is 0.280 e. The number of hydrazine groups is 1. The second kappa shape index (κ2) is 8.21. The molecule has 29 heavy (non-hydrogen) atoms. The van der Waals surface area contributed by atoms with Crippen molar-refractivity contribution in [1.29, 1.82) is 0 Å². The minimum atomic E-state index is -0.487. The van der Waals surface area contributed by atoms with E-state index in [9.17, 15) is 14.4 Å². The Morgan fingerprint density at radius 1 is 0.966 bits per heavy atom. The normalized spacial score (nSPS) is 14.2. The van der Waals surface area contributed by atoms with Crippen molar-refractivity contribution in [2.24, 2.45) is 10.4 Å². The first-order valence-corrected chi connectivity index (χ1v) is 10.2. The van der Waals surface area contributed by atoms with Crippen LogP contribution in [-0.4, -0.2) is 45.6 Å². The van der Waals surface area contributed by atoms with Gasteiger partial charge in [0, 0.05) is 12.5 Å². The van der Waals surface area contributed by atoms with E-state index in [-0.39, 0.29) is 11.5 Å². The van der Waals surface area contributed by atoms with Crippen LogP contribution in [0.3, 0.4) is 0 Å². The average molecular weight is 410 g/mol. The van der Waals surface area contributed by atoms with Crippen LogP contribution in [0.4, 0.5) is 5.69 Å². The number of rotatable bonds is 4. The highest BCUT2D eigenvalue weighted by Crippen LogP contribution is 2.27. The summed E-state index contributed by atoms with van der Waals surface area (Å²) in [5, 5.41) is 2.89. The van der Waals surface area contributed by atoms with Crippen LogP contribution in [0.1, 0.15) is 41.5 Å². The number of carbonyl (C=O) groups is 3. The molecule has 0 aliphatic carbocycles. The number of hydrogen-bond acceptors (Lipinski definition) is 5. The molecule has 0 aromatic heterocycles. The van der Waals surface area contributed by atoms with Gasteiger partial charge in [0.1, 0.15) is 5.78 Å². The third-order valence-electron chi connectivity index (χ3n) is 4.50. The zero-order valence-corrected chi connectivity index (χ0v) is 17.7. The molecule has 0 fully saturated rings. The van der Waals surface area contributed by atoms with Crippen LogP contribution in [0.5, 0.6) is 0 Å². The molecule has 0 radical (unpaired) electrons. The Morgan fingerprint density at radius 2 is 1.48 bits per heavy atom. The molecule has 1 aliphatic rings. The molecule has 0 unspecified atom stereocenters. The van der Waals surface area contributed by atoms with E-state index in [1.165, 1.54) is 16.8 Å². The molecule has 0 bridgehead atoms. The number of thioether (sulfide) groups is 1. The van der Waals surface area contributed by atoms with Crippen LogP contribution < -0.4 is 0 Å². The molecule has 0 spiro atoms. The van der Waals surface area contributed by atoms with Crippen molar-refractivity contribution in [3.63, 3.8) is 0 Å². The van der Waals surface area contributed by atoms with Gasteiger partial charge in [0.05, 0.1) is 22.6 Å². The van der Waals surface area contributed by atoms with Gasteiger partial charge in [0.15, 0.2) is 5.17 Å². The molecule has 6 nitrogen and oxygen atoms in total. The molecule has 7 heteroatoms. The fraction of sp³-hybridized carbons (Fsp3) is 0.273. The minimum Gasteiger partial charge on any atom is -0.298 e. The fourth-order valence-electron chi connectivity index (χ4n) is 2.69. The Bertz CT molecular complexity index is 945. The number of para-hydroxylation sites is 1. The number of aliphatic imine (C=N–C) groups is 1. The van der Waals surface area contributed by atoms with Crippen molar-refractivity contribution in [1.82, 2.24) is 10.0 Å². The van der Waals surface area contributed by atoms with Gasteiger partial charge < -0.3 is 0 Å². The van der Waals surface area contributed by atoms with Crippen molar-refractivity contribution in [3.05, 3.63) is 65.7 Å². The van der Waals surface area contributed by atoms with Gasteiger partial charge in [-0.05, 0) is 24.3 Å². The highest BCUT2D eigenvalue weighted by molar-refractivity contribution is 8.14. The third kappa shape index (κ3) is 4.40. The number of hydrogen-bond donors (Lipinski definition) is 0. The Kier molecular flexibility index (Phi) is 5.88. The lowest BCUT2D eigenvalue weighted by Gasteiger charge is -2.28. The molecule has 0 atom stereocenters. The van der Waals surface area contributed by atoms with Crippen LogP contribution in [0, 0.1) is 5.41 Å². The Balaban J connectivity index is 1.92. The SMILES string of the molecule is CN(C(=Nc1ccccc1)SCC(=O)C(C)(C)C)N1C(=O)c2ccccc2C1=O. The standard InChI is InChI=1S/C22H23N3O3S/c1-22(2,3)18(26)14-29-21(23-15-10-6-5-7-11-15)24(4)25-19(27)16-12-8-9-13-17(16)20(25)28/h5-13H,14H2,1-4H3. The summed E-state index contributed by atoms with van der Waals surface area (Å²) in [6.07, 6.45) is 0. The summed E-state index contributed by atoms with van der Waals surface area (Å²) >= 11 is 1.21. The molecule has 0 saturated heterocycles. The van der Waals surface area contributed by atoms with E-state index in [2.05, 4.69) is 4.99 Å². The van der Waals surface area contributed by atoms with E-state index in [0.717, 1.165) is 5.01 Å². The van der Waals surface area contributed by atoms with Crippen molar-refractivity contribution in [2.75, 3.05) is 12.8 Å². The fourth-order valence-corrected chi connectivity index (χ4v) is 3.82. The van der Waals surface area contributed by atoms with Crippen LogP contribution >= 0.6 is 11.8 Å². The Morgan fingerprint density at radius 3 is 2.00 bits per heavy atom. The van der Waals surface area contributed by atoms with Gasteiger partial charge in [-0.25, -0.2) is 4.99 Å². The summed E-state index contributed by atoms with van der Waals surface area (Å²) in [4.78, 5) is 42.7. The second-order valence-electron chi connectivity index (χ2n) is 7.68. The largest absolute Gasteiger partial charge is 0.298 e. The zero-order chi connectivity index (χ0) is 21.2. The number of imide groups is 1. The Hall–Kier alpha value is -2.93. The van der Waals surface area contributed by atoms with E-state index in [1.807, 2.05) is 51.1 Å². The number of carbonyl (C=O) groups excluding carboxylic acids is 3. The van der Waals surface area contributed by atoms with Crippen LogP contribution in [0.2, 0.25) is 0 Å². The van der Waals surface area contributed by atoms with Crippen molar-refractivity contribution < 1.29 is 14.4 Å². The molecular weight excluding hydrogens is 386 g/mol. The van der Waals surface area contributed by atoms with Crippen molar-refractivity contribution in [3.8, 4) is 0 Å². The third-order valence-corrected chi connectivity index (χ3v) is 5.52. The lowest BCUT2D eigenvalue weighted by Crippen LogP contribution is -2.46. The van der Waals surface area contributed by atoms with Crippen LogP contribution in [0.15, 0.2) is 59.6 Å². The van der Waals surface area contributed by atoms with Gasteiger partial charge in [-0.15, -0.1) is 0 Å². The quantitative estimate of drug-likeness (QED) is 0.431. The molecule has 2 amide bonds. The smallest absolute Gasteiger partial charge is 0.280 e. The molecule has 0 N–H and O–H groups in total. The van der Waals surface area contributed by atoms with Gasteiger partial charge in [-0.1, -0.05) is 62.9 Å². The predicted octanol–water partition coefficient (Wildman–Crippen LogP) is 4.17. The van der Waals surface area contributed by atoms with Crippen LogP contribution in [0.25, 0.3) is 0 Å². The molecule has 2 aromatic carbocycles. The number of nitrogens with zero attached hydrogens (tertiary/aromatic N) is 3. The number of amidine groups is 1. The number of benzene rings is 2. The first-order valence-electron chi connectivity index (χ1n) is 9.21. The van der Waals surface area contributed by atoms with Gasteiger partial charge in [-0.2, -0.15) is 5.01 Å². The topological polar surface area (TPSA) is 70.1 Å². The van der Waals surface area contributed by atoms with E-state index in [0.29, 0.717) is 22.0 Å². The summed E-state index contributed by atoms with van der Waals surface area (Å²) in [5.41, 5.74) is 0.902. The summed E-state index contributed by atoms with van der Waals surface area (Å²) < 4.78 is 0. The monoisotopic (exact) mass is 409 g/mol. The zero-order valence-electron chi connectivity index (χ0n) is 16.9. The lowest BCUT2D eigenvalue weighted by atomic mass is 9.92. The van der Waals surface area contributed by atoms with Gasteiger partial charge in [-0.3, -0.25) is 19.4 Å². The highest BCUT2D eigenvalue weighted by atomic mass is 32.2. The summed E-state index contributed by atoms with van der Waals surface area (Å²) in [5.74, 6) is -0.574. The van der Waals surface area contributed by atoms with E-state index in [1.54, 1.807) is 31.3 Å². The van der Waals surface area contributed by atoms with E-state index < -0.39 is 17.2 Å². The number of fused-ring (bicyclic) bond motifs is 1. The molecular formula is C22H23N3O3S. The maximum absolute atomic E-state index is 12.8. The molecule has 1 heterocycles. The molecule has 0 saturated carbocycles. The van der Waals surface area contributed by atoms with Crippen molar-refractivity contribution in [2.45, 2.75) is 20.8 Å². The van der Waals surface area contributed by atoms with Gasteiger partial charge >= 0.3 is 0 Å². The molecule has 2 aromatic rings. The van der Waals surface area contributed by atoms with E-state index >= 15 is 0 Å². The van der Waals surface area contributed by atoms with Gasteiger partial charge in [0.2, 0.25) is 0 Å². The van der Waals surface area contributed by atoms with Crippen molar-refractivity contribution >= 4 is 40.2 Å². The summed E-state index contributed by atoms with van der Waals surface area (Å²) in [7, 11) is 1.61.